The maximum Gasteiger partial charge on any atom is 0.338 e. The van der Waals surface area contributed by atoms with E-state index >= 15 is 0 Å². The highest BCUT2D eigenvalue weighted by molar-refractivity contribution is 5.83. The molecule has 2 aliphatic heterocycles. The van der Waals surface area contributed by atoms with Crippen molar-refractivity contribution in [3.63, 3.8) is 0 Å². The number of rotatable bonds is 7. The zero-order chi connectivity index (χ0) is 20.4. The average Bonchev–Trinajstić information content (AvgIpc) is 3.10. The Hall–Kier alpha value is -2.74. The van der Waals surface area contributed by atoms with Gasteiger partial charge in [0, 0.05) is 7.11 Å². The summed E-state index contributed by atoms with van der Waals surface area (Å²) >= 11 is 0. The Morgan fingerprint density at radius 2 is 1.69 bits per heavy atom. The largest absolute Gasteiger partial charge is 0.451 e. The maximum atomic E-state index is 12.8. The molecule has 152 valence electrons. The SMILES string of the molecule is CO[C@H]([C@H]1CN2C(=O)C[C@@H]2O1)[C@@H](O)C(=O)OC(c1ccccc1)c1ccccc1. The molecule has 2 aromatic carbocycles. The number of amides is 1. The number of ether oxygens (including phenoxy) is 3. The molecule has 2 heterocycles. The minimum absolute atomic E-state index is 0.00219. The standard InChI is InChI=1S/C22H23NO6/c1-27-21(16-13-23-17(24)12-18(23)28-16)19(25)22(26)29-20(14-8-4-2-5-9-14)15-10-6-3-7-11-15/h2-11,16,18-21,25H,12-13H2,1H3/t16-,18+,19-,21-/m1/s1. The smallest absolute Gasteiger partial charge is 0.338 e. The van der Waals surface area contributed by atoms with Crippen molar-refractivity contribution in [1.29, 1.82) is 0 Å². The number of aliphatic hydroxyl groups excluding tert-OH is 1. The summed E-state index contributed by atoms with van der Waals surface area (Å²) in [5, 5.41) is 10.7. The molecule has 7 heteroatoms. The van der Waals surface area contributed by atoms with Crippen molar-refractivity contribution in [2.75, 3.05) is 13.7 Å². The summed E-state index contributed by atoms with van der Waals surface area (Å²) in [6.07, 6.45) is -3.72. The van der Waals surface area contributed by atoms with E-state index in [0.717, 1.165) is 11.1 Å². The minimum Gasteiger partial charge on any atom is -0.451 e. The molecule has 4 rings (SSSR count). The van der Waals surface area contributed by atoms with Gasteiger partial charge in [0.05, 0.1) is 13.0 Å². The lowest BCUT2D eigenvalue weighted by atomic mass is 10.0. The van der Waals surface area contributed by atoms with Gasteiger partial charge < -0.3 is 24.2 Å². The van der Waals surface area contributed by atoms with Gasteiger partial charge in [-0.25, -0.2) is 4.79 Å². The van der Waals surface area contributed by atoms with Gasteiger partial charge in [0.25, 0.3) is 0 Å². The number of hydrogen-bond donors (Lipinski definition) is 1. The Bertz CT molecular complexity index is 819. The lowest BCUT2D eigenvalue weighted by molar-refractivity contribution is -0.176. The Morgan fingerprint density at radius 1 is 1.10 bits per heavy atom. The van der Waals surface area contributed by atoms with Crippen LogP contribution in [0.15, 0.2) is 60.7 Å². The Balaban J connectivity index is 1.50. The minimum atomic E-state index is -1.55. The third-order valence-corrected chi connectivity index (χ3v) is 5.36. The van der Waals surface area contributed by atoms with Gasteiger partial charge in [-0.2, -0.15) is 0 Å². The molecule has 0 aliphatic carbocycles. The summed E-state index contributed by atoms with van der Waals surface area (Å²) in [5.41, 5.74) is 1.58. The van der Waals surface area contributed by atoms with Gasteiger partial charge in [-0.05, 0) is 11.1 Å². The van der Waals surface area contributed by atoms with Crippen LogP contribution in [0.25, 0.3) is 0 Å². The van der Waals surface area contributed by atoms with E-state index in [1.165, 1.54) is 7.11 Å². The predicted molar refractivity (Wildman–Crippen MR) is 103 cm³/mol. The monoisotopic (exact) mass is 397 g/mol. The van der Waals surface area contributed by atoms with Crippen LogP contribution in [0, 0.1) is 0 Å². The van der Waals surface area contributed by atoms with Crippen molar-refractivity contribution in [3.05, 3.63) is 71.8 Å². The Morgan fingerprint density at radius 3 is 2.17 bits per heavy atom. The summed E-state index contributed by atoms with van der Waals surface area (Å²) < 4.78 is 16.8. The fraction of sp³-hybridized carbons (Fsp3) is 0.364. The maximum absolute atomic E-state index is 12.8. The number of hydrogen-bond acceptors (Lipinski definition) is 6. The second kappa shape index (κ2) is 8.32. The van der Waals surface area contributed by atoms with Crippen LogP contribution in [0.5, 0.6) is 0 Å². The molecule has 0 bridgehead atoms. The van der Waals surface area contributed by atoms with Crippen LogP contribution in [0.1, 0.15) is 23.7 Å². The van der Waals surface area contributed by atoms with Gasteiger partial charge in [0.2, 0.25) is 5.91 Å². The van der Waals surface area contributed by atoms with Gasteiger partial charge in [0.15, 0.2) is 12.2 Å². The number of methoxy groups -OCH3 is 1. The van der Waals surface area contributed by atoms with Crippen LogP contribution >= 0.6 is 0 Å². The lowest BCUT2D eigenvalue weighted by Crippen LogP contribution is -2.49. The average molecular weight is 397 g/mol. The highest BCUT2D eigenvalue weighted by Gasteiger charge is 2.50. The van der Waals surface area contributed by atoms with Crippen molar-refractivity contribution < 1.29 is 28.9 Å². The van der Waals surface area contributed by atoms with E-state index in [1.807, 2.05) is 60.7 Å². The first kappa shape index (κ1) is 19.6. The quantitative estimate of drug-likeness (QED) is 0.565. The molecule has 0 unspecified atom stereocenters. The number of fused-ring (bicyclic) bond motifs is 1. The molecule has 1 amide bonds. The van der Waals surface area contributed by atoms with E-state index in [1.54, 1.807) is 4.90 Å². The van der Waals surface area contributed by atoms with E-state index < -0.39 is 30.4 Å². The van der Waals surface area contributed by atoms with E-state index in [0.29, 0.717) is 6.42 Å². The molecule has 0 saturated carbocycles. The summed E-state index contributed by atoms with van der Waals surface area (Å²) in [6, 6.07) is 18.7. The summed E-state index contributed by atoms with van der Waals surface area (Å²) in [4.78, 5) is 26.0. The Labute approximate surface area is 168 Å². The van der Waals surface area contributed by atoms with Gasteiger partial charge >= 0.3 is 5.97 Å². The van der Waals surface area contributed by atoms with Crippen LogP contribution in [0.2, 0.25) is 0 Å². The molecule has 29 heavy (non-hydrogen) atoms. The van der Waals surface area contributed by atoms with Crippen molar-refractivity contribution in [1.82, 2.24) is 4.90 Å². The van der Waals surface area contributed by atoms with Crippen molar-refractivity contribution in [2.24, 2.45) is 0 Å². The van der Waals surface area contributed by atoms with Gasteiger partial charge in [-0.1, -0.05) is 60.7 Å². The molecular weight excluding hydrogens is 374 g/mol. The number of esters is 1. The van der Waals surface area contributed by atoms with E-state index in [9.17, 15) is 14.7 Å². The number of benzene rings is 2. The zero-order valence-electron chi connectivity index (χ0n) is 16.0. The summed E-state index contributed by atoms with van der Waals surface area (Å²) in [7, 11) is 1.40. The first-order chi connectivity index (χ1) is 14.1. The molecular formula is C22H23NO6. The number of aliphatic hydroxyl groups is 1. The van der Waals surface area contributed by atoms with Crippen LogP contribution in [-0.4, -0.2) is 60.1 Å². The fourth-order valence-electron chi connectivity index (χ4n) is 3.77. The van der Waals surface area contributed by atoms with Crippen molar-refractivity contribution >= 4 is 11.9 Å². The second-order valence-electron chi connectivity index (χ2n) is 7.16. The normalized spacial score (nSPS) is 22.7. The summed E-state index contributed by atoms with van der Waals surface area (Å²) in [5.74, 6) is -0.809. The topological polar surface area (TPSA) is 85.3 Å². The molecule has 2 aromatic rings. The number of carbonyl (C=O) groups is 2. The van der Waals surface area contributed by atoms with Crippen LogP contribution in [-0.2, 0) is 23.8 Å². The third kappa shape index (κ3) is 3.89. The van der Waals surface area contributed by atoms with Gasteiger partial charge in [-0.15, -0.1) is 0 Å². The molecule has 4 atom stereocenters. The molecule has 7 nitrogen and oxygen atoms in total. The third-order valence-electron chi connectivity index (χ3n) is 5.36. The molecule has 0 aromatic heterocycles. The second-order valence-corrected chi connectivity index (χ2v) is 7.16. The predicted octanol–water partition coefficient (Wildman–Crippen LogP) is 1.65. The zero-order valence-corrected chi connectivity index (χ0v) is 16.0. The van der Waals surface area contributed by atoms with E-state index in [4.69, 9.17) is 14.2 Å². The molecule has 2 fully saturated rings. The van der Waals surface area contributed by atoms with Crippen LogP contribution in [0.4, 0.5) is 0 Å². The molecule has 0 radical (unpaired) electrons. The van der Waals surface area contributed by atoms with Crippen LogP contribution in [0.3, 0.4) is 0 Å². The first-order valence-electron chi connectivity index (χ1n) is 9.54. The van der Waals surface area contributed by atoms with Crippen molar-refractivity contribution in [3.8, 4) is 0 Å². The highest BCUT2D eigenvalue weighted by Crippen LogP contribution is 2.32. The number of carbonyl (C=O) groups excluding carboxylic acids is 2. The number of nitrogens with zero attached hydrogens (tertiary/aromatic N) is 1. The molecule has 1 N–H and O–H groups in total. The highest BCUT2D eigenvalue weighted by atomic mass is 16.6. The summed E-state index contributed by atoms with van der Waals surface area (Å²) in [6.45, 7) is 0.285. The van der Waals surface area contributed by atoms with E-state index in [-0.39, 0.29) is 18.7 Å². The molecule has 2 aliphatic rings. The Kier molecular flexibility index (Phi) is 5.62. The fourth-order valence-corrected chi connectivity index (χ4v) is 3.77. The number of β-lactam (4-membered cyclic amide) rings is 1. The van der Waals surface area contributed by atoms with Crippen molar-refractivity contribution in [2.45, 2.75) is 37.1 Å². The van der Waals surface area contributed by atoms with E-state index in [2.05, 4.69) is 0 Å². The first-order valence-corrected chi connectivity index (χ1v) is 9.54. The van der Waals surface area contributed by atoms with Gasteiger partial charge in [0.1, 0.15) is 18.4 Å². The van der Waals surface area contributed by atoms with Gasteiger partial charge in [-0.3, -0.25) is 4.79 Å². The molecule has 2 saturated heterocycles. The molecule has 0 spiro atoms. The lowest BCUT2D eigenvalue weighted by Gasteiger charge is -2.31. The van der Waals surface area contributed by atoms with Crippen LogP contribution < -0.4 is 0 Å².